The maximum Gasteiger partial charge on any atom is 0.224 e. The van der Waals surface area contributed by atoms with E-state index in [9.17, 15) is 4.79 Å². The van der Waals surface area contributed by atoms with Crippen molar-refractivity contribution in [2.45, 2.75) is 31.7 Å². The van der Waals surface area contributed by atoms with E-state index in [-0.39, 0.29) is 5.91 Å². The molecule has 2 rings (SSSR count). The van der Waals surface area contributed by atoms with Crippen LogP contribution in [0.25, 0.3) is 0 Å². The summed E-state index contributed by atoms with van der Waals surface area (Å²) in [6.45, 7) is 1.79. The molecule has 0 spiro atoms. The van der Waals surface area contributed by atoms with Gasteiger partial charge in [0.25, 0.3) is 0 Å². The van der Waals surface area contributed by atoms with Crippen molar-refractivity contribution >= 4 is 5.91 Å². The maximum absolute atomic E-state index is 11.9. The van der Waals surface area contributed by atoms with E-state index >= 15 is 0 Å². The summed E-state index contributed by atoms with van der Waals surface area (Å²) in [6.07, 6.45) is 4.06. The number of carbonyl (C=O) groups excluding carboxylic acids is 1. The Balaban J connectivity index is 1.76. The molecule has 0 bridgehead atoms. The summed E-state index contributed by atoms with van der Waals surface area (Å²) in [4.78, 5) is 11.9. The molecule has 0 aliphatic carbocycles. The molecule has 4 nitrogen and oxygen atoms in total. The third-order valence-electron chi connectivity index (χ3n) is 3.46. The van der Waals surface area contributed by atoms with E-state index in [0.29, 0.717) is 12.5 Å². The number of rotatable bonds is 5. The van der Waals surface area contributed by atoms with Crippen molar-refractivity contribution in [1.82, 2.24) is 10.6 Å². The van der Waals surface area contributed by atoms with Gasteiger partial charge in [0.1, 0.15) is 5.75 Å². The molecule has 1 heterocycles. The average molecular weight is 262 g/mol. The number of hydrogen-bond acceptors (Lipinski definition) is 3. The fraction of sp³-hybridized carbons (Fsp3) is 0.533. The molecule has 0 radical (unpaired) electrons. The maximum atomic E-state index is 11.9. The molecular weight excluding hydrogens is 240 g/mol. The Morgan fingerprint density at radius 2 is 2.37 bits per heavy atom. The van der Waals surface area contributed by atoms with Crippen LogP contribution >= 0.6 is 0 Å². The van der Waals surface area contributed by atoms with Gasteiger partial charge in [-0.05, 0) is 37.1 Å². The molecule has 0 saturated carbocycles. The van der Waals surface area contributed by atoms with Crippen molar-refractivity contribution in [3.05, 3.63) is 29.8 Å². The van der Waals surface area contributed by atoms with Gasteiger partial charge in [0, 0.05) is 12.6 Å². The summed E-state index contributed by atoms with van der Waals surface area (Å²) < 4.78 is 5.15. The van der Waals surface area contributed by atoms with Gasteiger partial charge in [-0.15, -0.1) is 0 Å². The third-order valence-corrected chi connectivity index (χ3v) is 3.46. The minimum Gasteiger partial charge on any atom is -0.497 e. The SMILES string of the molecule is COc1cccc(CC(=O)NCC2CCCCN2)c1. The molecule has 1 saturated heterocycles. The Bertz CT molecular complexity index is 414. The summed E-state index contributed by atoms with van der Waals surface area (Å²) in [6, 6.07) is 8.07. The minimum absolute atomic E-state index is 0.0700. The van der Waals surface area contributed by atoms with E-state index < -0.39 is 0 Å². The van der Waals surface area contributed by atoms with Gasteiger partial charge in [-0.1, -0.05) is 18.6 Å². The highest BCUT2D eigenvalue weighted by atomic mass is 16.5. The van der Waals surface area contributed by atoms with E-state index in [1.165, 1.54) is 12.8 Å². The van der Waals surface area contributed by atoms with E-state index in [1.807, 2.05) is 24.3 Å². The van der Waals surface area contributed by atoms with Gasteiger partial charge in [0.15, 0.2) is 0 Å². The molecule has 104 valence electrons. The zero-order chi connectivity index (χ0) is 13.5. The zero-order valence-corrected chi connectivity index (χ0v) is 11.4. The van der Waals surface area contributed by atoms with Crippen LogP contribution in [-0.2, 0) is 11.2 Å². The van der Waals surface area contributed by atoms with E-state index in [2.05, 4.69) is 10.6 Å². The van der Waals surface area contributed by atoms with Crippen molar-refractivity contribution in [3.8, 4) is 5.75 Å². The fourth-order valence-corrected chi connectivity index (χ4v) is 2.37. The number of nitrogens with one attached hydrogen (secondary N) is 2. The summed E-state index contributed by atoms with van der Waals surface area (Å²) >= 11 is 0. The number of amides is 1. The zero-order valence-electron chi connectivity index (χ0n) is 11.4. The number of benzene rings is 1. The molecular formula is C15H22N2O2. The summed E-state index contributed by atoms with van der Waals surface area (Å²) in [7, 11) is 1.63. The molecule has 4 heteroatoms. The fourth-order valence-electron chi connectivity index (χ4n) is 2.37. The van der Waals surface area contributed by atoms with Gasteiger partial charge in [-0.3, -0.25) is 4.79 Å². The summed E-state index contributed by atoms with van der Waals surface area (Å²) in [5, 5.41) is 6.42. The van der Waals surface area contributed by atoms with Gasteiger partial charge < -0.3 is 15.4 Å². The molecule has 1 aliphatic rings. The van der Waals surface area contributed by atoms with Crippen molar-refractivity contribution in [1.29, 1.82) is 0 Å². The van der Waals surface area contributed by atoms with Gasteiger partial charge in [0.05, 0.1) is 13.5 Å². The number of methoxy groups -OCH3 is 1. The highest BCUT2D eigenvalue weighted by molar-refractivity contribution is 5.78. The quantitative estimate of drug-likeness (QED) is 0.845. The number of piperidine rings is 1. The predicted octanol–water partition coefficient (Wildman–Crippen LogP) is 1.50. The van der Waals surface area contributed by atoms with Gasteiger partial charge in [0.2, 0.25) is 5.91 Å². The average Bonchev–Trinajstić information content (AvgIpc) is 2.46. The van der Waals surface area contributed by atoms with E-state index in [0.717, 1.165) is 30.8 Å². The van der Waals surface area contributed by atoms with Crippen LogP contribution in [0.15, 0.2) is 24.3 Å². The van der Waals surface area contributed by atoms with Gasteiger partial charge >= 0.3 is 0 Å². The van der Waals surface area contributed by atoms with Crippen molar-refractivity contribution in [2.24, 2.45) is 0 Å². The lowest BCUT2D eigenvalue weighted by molar-refractivity contribution is -0.120. The first-order valence-corrected chi connectivity index (χ1v) is 6.91. The molecule has 1 atom stereocenters. The number of carbonyl (C=O) groups is 1. The lowest BCUT2D eigenvalue weighted by Gasteiger charge is -2.23. The highest BCUT2D eigenvalue weighted by Crippen LogP contribution is 2.13. The van der Waals surface area contributed by atoms with Crippen molar-refractivity contribution in [3.63, 3.8) is 0 Å². The van der Waals surface area contributed by atoms with Crippen LogP contribution in [0.3, 0.4) is 0 Å². The van der Waals surface area contributed by atoms with Crippen LogP contribution in [-0.4, -0.2) is 32.1 Å². The monoisotopic (exact) mass is 262 g/mol. The lowest BCUT2D eigenvalue weighted by Crippen LogP contribution is -2.43. The highest BCUT2D eigenvalue weighted by Gasteiger charge is 2.13. The Labute approximate surface area is 114 Å². The number of hydrogen-bond donors (Lipinski definition) is 2. The van der Waals surface area contributed by atoms with Crippen LogP contribution < -0.4 is 15.4 Å². The Morgan fingerprint density at radius 3 is 3.11 bits per heavy atom. The van der Waals surface area contributed by atoms with Crippen LogP contribution in [0.2, 0.25) is 0 Å². The molecule has 19 heavy (non-hydrogen) atoms. The lowest BCUT2D eigenvalue weighted by atomic mass is 10.0. The molecule has 0 aromatic heterocycles. The first-order valence-electron chi connectivity index (χ1n) is 6.91. The molecule has 1 amide bonds. The summed E-state index contributed by atoms with van der Waals surface area (Å²) in [5.74, 6) is 0.861. The van der Waals surface area contributed by atoms with Gasteiger partial charge in [-0.25, -0.2) is 0 Å². The summed E-state index contributed by atoms with van der Waals surface area (Å²) in [5.41, 5.74) is 0.980. The number of ether oxygens (including phenoxy) is 1. The topological polar surface area (TPSA) is 50.4 Å². The predicted molar refractivity (Wildman–Crippen MR) is 75.3 cm³/mol. The Morgan fingerprint density at radius 1 is 1.47 bits per heavy atom. The van der Waals surface area contributed by atoms with Crippen LogP contribution in [0.4, 0.5) is 0 Å². The minimum atomic E-state index is 0.0700. The second-order valence-corrected chi connectivity index (χ2v) is 4.98. The first kappa shape index (κ1) is 13.9. The second kappa shape index (κ2) is 7.14. The molecule has 2 N–H and O–H groups in total. The molecule has 1 aliphatic heterocycles. The van der Waals surface area contributed by atoms with Crippen LogP contribution in [0.5, 0.6) is 5.75 Å². The molecule has 1 aromatic rings. The van der Waals surface area contributed by atoms with Gasteiger partial charge in [-0.2, -0.15) is 0 Å². The standard InChI is InChI=1S/C15H22N2O2/c1-19-14-7-4-5-12(9-14)10-15(18)17-11-13-6-2-3-8-16-13/h4-5,7,9,13,16H,2-3,6,8,10-11H2,1H3,(H,17,18). The largest absolute Gasteiger partial charge is 0.497 e. The third kappa shape index (κ3) is 4.56. The van der Waals surface area contributed by atoms with E-state index in [4.69, 9.17) is 4.74 Å². The molecule has 1 fully saturated rings. The van der Waals surface area contributed by atoms with Crippen molar-refractivity contribution < 1.29 is 9.53 Å². The Kier molecular flexibility index (Phi) is 5.21. The van der Waals surface area contributed by atoms with Crippen LogP contribution in [0, 0.1) is 0 Å². The smallest absolute Gasteiger partial charge is 0.224 e. The molecule has 1 unspecified atom stereocenters. The molecule has 1 aromatic carbocycles. The first-order chi connectivity index (χ1) is 9.28. The van der Waals surface area contributed by atoms with E-state index in [1.54, 1.807) is 7.11 Å². The van der Waals surface area contributed by atoms with Crippen molar-refractivity contribution in [2.75, 3.05) is 20.2 Å². The normalized spacial score (nSPS) is 18.9. The van der Waals surface area contributed by atoms with Crippen LogP contribution in [0.1, 0.15) is 24.8 Å². The Hall–Kier alpha value is -1.55. The second-order valence-electron chi connectivity index (χ2n) is 4.98.